The first-order valence-electron chi connectivity index (χ1n) is 8.24. The van der Waals surface area contributed by atoms with Crippen LogP contribution in [0.15, 0.2) is 54.6 Å². The minimum absolute atomic E-state index is 0.101. The summed E-state index contributed by atoms with van der Waals surface area (Å²) in [6, 6.07) is 14.9. The summed E-state index contributed by atoms with van der Waals surface area (Å²) in [5, 5.41) is 0. The fraction of sp³-hybridized carbons (Fsp3) is 0.316. The molecule has 0 aliphatic carbocycles. The van der Waals surface area contributed by atoms with E-state index in [4.69, 9.17) is 5.73 Å². The van der Waals surface area contributed by atoms with Gasteiger partial charge in [-0.2, -0.15) is 0 Å². The lowest BCUT2D eigenvalue weighted by Gasteiger charge is -2.23. The predicted octanol–water partition coefficient (Wildman–Crippen LogP) is 3.51. The van der Waals surface area contributed by atoms with Crippen LogP contribution in [0.25, 0.3) is 0 Å². The molecule has 0 heterocycles. The molecule has 2 rings (SSSR count). The quantitative estimate of drug-likeness (QED) is 0.778. The van der Waals surface area contributed by atoms with E-state index in [9.17, 15) is 18.0 Å². The van der Waals surface area contributed by atoms with E-state index in [-0.39, 0.29) is 18.1 Å². The second-order valence-corrected chi connectivity index (χ2v) is 5.81. The Labute approximate surface area is 150 Å². The molecule has 0 saturated carbocycles. The summed E-state index contributed by atoms with van der Waals surface area (Å²) in [6.07, 6.45) is -3.95. The Hall–Kier alpha value is -2.54. The summed E-state index contributed by atoms with van der Waals surface area (Å²) in [5.74, 6) is -0.412. The molecule has 2 aromatic carbocycles. The van der Waals surface area contributed by atoms with E-state index in [1.165, 1.54) is 24.3 Å². The molecule has 0 radical (unpaired) electrons. The summed E-state index contributed by atoms with van der Waals surface area (Å²) in [5.41, 5.74) is 7.17. The molecule has 0 spiro atoms. The highest BCUT2D eigenvalue weighted by Crippen LogP contribution is 2.23. The smallest absolute Gasteiger partial charge is 0.406 e. The molecule has 0 bridgehead atoms. The van der Waals surface area contributed by atoms with E-state index in [1.54, 1.807) is 4.90 Å². The van der Waals surface area contributed by atoms with Gasteiger partial charge in [0, 0.05) is 13.1 Å². The van der Waals surface area contributed by atoms with Crippen molar-refractivity contribution in [1.29, 1.82) is 0 Å². The highest BCUT2D eigenvalue weighted by Gasteiger charge is 2.31. The molecule has 0 aromatic heterocycles. The standard InChI is InChI=1S/C19H21F3N2O2/c20-19(21,22)26-17-9-7-15(8-10-17)13-18(25)24(12-4-11-23)14-16-5-2-1-3-6-16/h1-3,5-10H,4,11-14,23H2. The van der Waals surface area contributed by atoms with Crippen LogP contribution in [0.3, 0.4) is 0 Å². The van der Waals surface area contributed by atoms with Gasteiger partial charge >= 0.3 is 6.36 Å². The topological polar surface area (TPSA) is 55.6 Å². The Balaban J connectivity index is 2.01. The molecule has 7 heteroatoms. The first-order valence-corrected chi connectivity index (χ1v) is 8.24. The van der Waals surface area contributed by atoms with Crippen LogP contribution in [0.4, 0.5) is 13.2 Å². The van der Waals surface area contributed by atoms with Crippen molar-refractivity contribution in [1.82, 2.24) is 4.90 Å². The van der Waals surface area contributed by atoms with E-state index < -0.39 is 6.36 Å². The van der Waals surface area contributed by atoms with Crippen LogP contribution in [0.1, 0.15) is 17.5 Å². The average Bonchev–Trinajstić information content (AvgIpc) is 2.60. The highest BCUT2D eigenvalue weighted by atomic mass is 19.4. The molecule has 2 aromatic rings. The van der Waals surface area contributed by atoms with E-state index in [0.29, 0.717) is 31.6 Å². The monoisotopic (exact) mass is 366 g/mol. The highest BCUT2D eigenvalue weighted by molar-refractivity contribution is 5.78. The third-order valence-corrected chi connectivity index (χ3v) is 3.71. The number of hydrogen-bond acceptors (Lipinski definition) is 3. The lowest BCUT2D eigenvalue weighted by atomic mass is 10.1. The number of hydrogen-bond donors (Lipinski definition) is 1. The first kappa shape index (κ1) is 19.8. The van der Waals surface area contributed by atoms with Crippen LogP contribution in [0, 0.1) is 0 Å². The predicted molar refractivity (Wildman–Crippen MR) is 92.4 cm³/mol. The van der Waals surface area contributed by atoms with Crippen LogP contribution >= 0.6 is 0 Å². The molecular weight excluding hydrogens is 345 g/mol. The number of benzene rings is 2. The Morgan fingerprint density at radius 2 is 1.65 bits per heavy atom. The van der Waals surface area contributed by atoms with Crippen molar-refractivity contribution in [2.75, 3.05) is 13.1 Å². The Morgan fingerprint density at radius 3 is 2.23 bits per heavy atom. The Morgan fingerprint density at radius 1 is 1.00 bits per heavy atom. The third kappa shape index (κ3) is 6.76. The zero-order chi connectivity index (χ0) is 19.0. The fourth-order valence-electron chi connectivity index (χ4n) is 2.47. The van der Waals surface area contributed by atoms with E-state index in [2.05, 4.69) is 4.74 Å². The first-order chi connectivity index (χ1) is 12.4. The summed E-state index contributed by atoms with van der Waals surface area (Å²) < 4.78 is 40.4. The van der Waals surface area contributed by atoms with Crippen molar-refractivity contribution in [3.8, 4) is 5.75 Å². The number of nitrogens with two attached hydrogens (primary N) is 1. The third-order valence-electron chi connectivity index (χ3n) is 3.71. The minimum Gasteiger partial charge on any atom is -0.406 e. The number of nitrogens with zero attached hydrogens (tertiary/aromatic N) is 1. The number of amides is 1. The van der Waals surface area contributed by atoms with Crippen LogP contribution in [0.2, 0.25) is 0 Å². The summed E-state index contributed by atoms with van der Waals surface area (Å²) in [7, 11) is 0. The van der Waals surface area contributed by atoms with Crippen molar-refractivity contribution in [3.05, 3.63) is 65.7 Å². The van der Waals surface area contributed by atoms with E-state index in [1.807, 2.05) is 30.3 Å². The molecule has 2 N–H and O–H groups in total. The van der Waals surface area contributed by atoms with Gasteiger partial charge in [0.15, 0.2) is 0 Å². The van der Waals surface area contributed by atoms with Gasteiger partial charge in [0.25, 0.3) is 0 Å². The Bertz CT molecular complexity index is 688. The maximum atomic E-state index is 12.6. The number of ether oxygens (including phenoxy) is 1. The van der Waals surface area contributed by atoms with Gasteiger partial charge in [-0.05, 0) is 36.2 Å². The summed E-state index contributed by atoms with van der Waals surface area (Å²) in [6.45, 7) is 1.47. The molecule has 140 valence electrons. The van der Waals surface area contributed by atoms with Crippen LogP contribution in [-0.4, -0.2) is 30.3 Å². The van der Waals surface area contributed by atoms with Gasteiger partial charge in [0.05, 0.1) is 6.42 Å². The van der Waals surface area contributed by atoms with Crippen molar-refractivity contribution in [2.45, 2.75) is 25.7 Å². The van der Waals surface area contributed by atoms with Gasteiger partial charge < -0.3 is 15.4 Å². The average molecular weight is 366 g/mol. The SMILES string of the molecule is NCCCN(Cc1ccccc1)C(=O)Cc1ccc(OC(F)(F)F)cc1. The number of halogens is 3. The van der Waals surface area contributed by atoms with E-state index in [0.717, 1.165) is 5.56 Å². The van der Waals surface area contributed by atoms with Crippen LogP contribution in [0.5, 0.6) is 5.75 Å². The van der Waals surface area contributed by atoms with Crippen LogP contribution < -0.4 is 10.5 Å². The molecular formula is C19H21F3N2O2. The molecule has 1 amide bonds. The van der Waals surface area contributed by atoms with Gasteiger partial charge in [-0.1, -0.05) is 42.5 Å². The minimum atomic E-state index is -4.73. The number of alkyl halides is 3. The van der Waals surface area contributed by atoms with Crippen LogP contribution in [-0.2, 0) is 17.8 Å². The largest absolute Gasteiger partial charge is 0.573 e. The maximum Gasteiger partial charge on any atom is 0.573 e. The van der Waals surface area contributed by atoms with Crippen molar-refractivity contribution in [2.24, 2.45) is 5.73 Å². The zero-order valence-corrected chi connectivity index (χ0v) is 14.2. The molecule has 0 atom stereocenters. The van der Waals surface area contributed by atoms with Gasteiger partial charge in [0.2, 0.25) is 5.91 Å². The molecule has 0 aliphatic rings. The lowest BCUT2D eigenvalue weighted by molar-refractivity contribution is -0.274. The summed E-state index contributed by atoms with van der Waals surface area (Å²) >= 11 is 0. The Kier molecular flexibility index (Phi) is 7.03. The second kappa shape index (κ2) is 9.24. The van der Waals surface area contributed by atoms with Gasteiger partial charge in [0.1, 0.15) is 5.75 Å². The second-order valence-electron chi connectivity index (χ2n) is 5.81. The molecule has 0 aliphatic heterocycles. The zero-order valence-electron chi connectivity index (χ0n) is 14.2. The fourth-order valence-corrected chi connectivity index (χ4v) is 2.47. The number of carbonyl (C=O) groups excluding carboxylic acids is 1. The molecule has 26 heavy (non-hydrogen) atoms. The van der Waals surface area contributed by atoms with Crippen molar-refractivity contribution < 1.29 is 22.7 Å². The lowest BCUT2D eigenvalue weighted by Crippen LogP contribution is -2.33. The molecule has 0 saturated heterocycles. The van der Waals surface area contributed by atoms with Crippen molar-refractivity contribution >= 4 is 5.91 Å². The van der Waals surface area contributed by atoms with Gasteiger partial charge in [-0.25, -0.2) is 0 Å². The summed E-state index contributed by atoms with van der Waals surface area (Å²) in [4.78, 5) is 14.3. The molecule has 0 fully saturated rings. The maximum absolute atomic E-state index is 12.6. The normalized spacial score (nSPS) is 11.2. The number of rotatable bonds is 8. The molecule has 0 unspecified atom stereocenters. The van der Waals surface area contributed by atoms with Gasteiger partial charge in [-0.15, -0.1) is 13.2 Å². The van der Waals surface area contributed by atoms with Gasteiger partial charge in [-0.3, -0.25) is 4.79 Å². The number of carbonyl (C=O) groups is 1. The van der Waals surface area contributed by atoms with Crippen molar-refractivity contribution in [3.63, 3.8) is 0 Å². The van der Waals surface area contributed by atoms with E-state index >= 15 is 0 Å². The molecule has 4 nitrogen and oxygen atoms in total.